The van der Waals surface area contributed by atoms with Gasteiger partial charge in [-0.15, -0.1) is 0 Å². The normalized spacial score (nSPS) is 15.0. The standard InChI is InChI=1S/C18H19ClN2O5S/c1-27(24,25)17-7-6-15(26-17)18(23)21-10-8-20(9-11-21)16(22)12-13-2-4-14(19)5-3-13/h2-7H,8-12H2,1H3. The number of hydrogen-bond donors (Lipinski definition) is 0. The molecule has 0 N–H and O–H groups in total. The third-order valence-corrected chi connectivity index (χ3v) is 5.55. The fourth-order valence-electron chi connectivity index (χ4n) is 2.84. The van der Waals surface area contributed by atoms with E-state index in [0.29, 0.717) is 31.2 Å². The van der Waals surface area contributed by atoms with Crippen LogP contribution in [0.2, 0.25) is 5.02 Å². The molecule has 0 bridgehead atoms. The van der Waals surface area contributed by atoms with Gasteiger partial charge in [0.15, 0.2) is 5.76 Å². The number of amides is 2. The molecule has 1 aromatic carbocycles. The predicted octanol–water partition coefficient (Wildman–Crippen LogP) is 1.86. The van der Waals surface area contributed by atoms with Crippen LogP contribution in [0.25, 0.3) is 0 Å². The Morgan fingerprint density at radius 3 is 2.15 bits per heavy atom. The highest BCUT2D eigenvalue weighted by atomic mass is 35.5. The number of nitrogens with zero attached hydrogens (tertiary/aromatic N) is 2. The van der Waals surface area contributed by atoms with Crippen molar-refractivity contribution in [3.05, 3.63) is 52.7 Å². The van der Waals surface area contributed by atoms with E-state index in [1.807, 2.05) is 12.1 Å². The summed E-state index contributed by atoms with van der Waals surface area (Å²) < 4.78 is 28.1. The lowest BCUT2D eigenvalue weighted by molar-refractivity contribution is -0.131. The number of hydrogen-bond acceptors (Lipinski definition) is 5. The Bertz CT molecular complexity index is 944. The maximum atomic E-state index is 12.5. The second kappa shape index (κ2) is 7.74. The topological polar surface area (TPSA) is 87.9 Å². The van der Waals surface area contributed by atoms with Crippen LogP contribution in [-0.2, 0) is 21.1 Å². The summed E-state index contributed by atoms with van der Waals surface area (Å²) in [5, 5.41) is 0.387. The molecule has 1 saturated heterocycles. The molecule has 1 aliphatic rings. The smallest absolute Gasteiger partial charge is 0.289 e. The number of rotatable bonds is 4. The van der Waals surface area contributed by atoms with E-state index in [0.717, 1.165) is 11.8 Å². The van der Waals surface area contributed by atoms with Crippen molar-refractivity contribution in [3.63, 3.8) is 0 Å². The first-order valence-electron chi connectivity index (χ1n) is 8.35. The van der Waals surface area contributed by atoms with E-state index >= 15 is 0 Å². The molecule has 0 radical (unpaired) electrons. The Balaban J connectivity index is 1.56. The van der Waals surface area contributed by atoms with Gasteiger partial charge in [-0.05, 0) is 29.8 Å². The summed E-state index contributed by atoms with van der Waals surface area (Å²) in [6.45, 7) is 1.55. The molecule has 1 aliphatic heterocycles. The molecule has 0 spiro atoms. The summed E-state index contributed by atoms with van der Waals surface area (Å²) in [5.41, 5.74) is 0.881. The van der Waals surface area contributed by atoms with Crippen molar-refractivity contribution in [2.75, 3.05) is 32.4 Å². The fraction of sp³-hybridized carbons (Fsp3) is 0.333. The third-order valence-electron chi connectivity index (χ3n) is 4.35. The Kier molecular flexibility index (Phi) is 5.57. The van der Waals surface area contributed by atoms with E-state index in [1.54, 1.807) is 21.9 Å². The lowest BCUT2D eigenvalue weighted by Crippen LogP contribution is -2.50. The van der Waals surface area contributed by atoms with E-state index < -0.39 is 9.84 Å². The Morgan fingerprint density at radius 2 is 1.59 bits per heavy atom. The minimum atomic E-state index is -3.50. The molecule has 2 amide bonds. The van der Waals surface area contributed by atoms with Gasteiger partial charge < -0.3 is 14.2 Å². The summed E-state index contributed by atoms with van der Waals surface area (Å²) >= 11 is 5.85. The lowest BCUT2D eigenvalue weighted by Gasteiger charge is -2.34. The zero-order valence-corrected chi connectivity index (χ0v) is 16.3. The molecular weight excluding hydrogens is 392 g/mol. The van der Waals surface area contributed by atoms with Gasteiger partial charge in [0, 0.05) is 37.5 Å². The highest BCUT2D eigenvalue weighted by Gasteiger charge is 2.27. The molecule has 2 heterocycles. The maximum Gasteiger partial charge on any atom is 0.289 e. The summed E-state index contributed by atoms with van der Waals surface area (Å²) in [4.78, 5) is 28.1. The molecule has 0 saturated carbocycles. The molecule has 1 aromatic heterocycles. The molecule has 0 atom stereocenters. The lowest BCUT2D eigenvalue weighted by atomic mass is 10.1. The second-order valence-corrected chi connectivity index (χ2v) is 8.75. The minimum absolute atomic E-state index is 0.0122. The number of benzene rings is 1. The van der Waals surface area contributed by atoms with Gasteiger partial charge in [-0.1, -0.05) is 23.7 Å². The monoisotopic (exact) mass is 410 g/mol. The van der Waals surface area contributed by atoms with E-state index in [2.05, 4.69) is 0 Å². The number of carbonyl (C=O) groups excluding carboxylic acids is 2. The fourth-order valence-corrected chi connectivity index (χ4v) is 3.52. The summed E-state index contributed by atoms with van der Waals surface area (Å²) in [5.74, 6) is -0.409. The largest absolute Gasteiger partial charge is 0.440 e. The van der Waals surface area contributed by atoms with Gasteiger partial charge >= 0.3 is 0 Å². The van der Waals surface area contributed by atoms with Crippen molar-refractivity contribution in [1.82, 2.24) is 9.80 Å². The summed E-state index contributed by atoms with van der Waals surface area (Å²) in [6, 6.07) is 9.75. The van der Waals surface area contributed by atoms with Crippen LogP contribution >= 0.6 is 11.6 Å². The van der Waals surface area contributed by atoms with Crippen LogP contribution < -0.4 is 0 Å². The van der Waals surface area contributed by atoms with E-state index in [-0.39, 0.29) is 29.1 Å². The van der Waals surface area contributed by atoms with Crippen LogP contribution in [0.4, 0.5) is 0 Å². The first kappa shape index (κ1) is 19.4. The SMILES string of the molecule is CS(=O)(=O)c1ccc(C(=O)N2CCN(C(=O)Cc3ccc(Cl)cc3)CC2)o1. The van der Waals surface area contributed by atoms with Gasteiger partial charge in [-0.2, -0.15) is 0 Å². The van der Waals surface area contributed by atoms with Gasteiger partial charge in [0.05, 0.1) is 6.42 Å². The zero-order valence-electron chi connectivity index (χ0n) is 14.7. The molecule has 3 rings (SSSR count). The van der Waals surface area contributed by atoms with Crippen molar-refractivity contribution in [1.29, 1.82) is 0 Å². The van der Waals surface area contributed by atoms with Gasteiger partial charge in [-0.3, -0.25) is 9.59 Å². The van der Waals surface area contributed by atoms with Crippen molar-refractivity contribution >= 4 is 33.3 Å². The first-order valence-corrected chi connectivity index (χ1v) is 10.6. The first-order chi connectivity index (χ1) is 12.7. The van der Waals surface area contributed by atoms with Crippen molar-refractivity contribution in [2.24, 2.45) is 0 Å². The van der Waals surface area contributed by atoms with Crippen molar-refractivity contribution < 1.29 is 22.4 Å². The summed E-state index contributed by atoms with van der Waals surface area (Å²) in [7, 11) is -3.50. The molecule has 0 unspecified atom stereocenters. The molecule has 1 fully saturated rings. The highest BCUT2D eigenvalue weighted by molar-refractivity contribution is 7.90. The number of furan rings is 1. The zero-order chi connectivity index (χ0) is 19.6. The molecule has 7 nitrogen and oxygen atoms in total. The van der Waals surface area contributed by atoms with Crippen LogP contribution in [0.5, 0.6) is 0 Å². The average molecular weight is 411 g/mol. The Morgan fingerprint density at radius 1 is 1.00 bits per heavy atom. The molecule has 9 heteroatoms. The van der Waals surface area contributed by atoms with Crippen LogP contribution in [0.15, 0.2) is 45.9 Å². The highest BCUT2D eigenvalue weighted by Crippen LogP contribution is 2.17. The van der Waals surface area contributed by atoms with Gasteiger partial charge in [0.25, 0.3) is 5.91 Å². The van der Waals surface area contributed by atoms with Crippen LogP contribution in [0.1, 0.15) is 16.1 Å². The number of halogens is 1. The van der Waals surface area contributed by atoms with Gasteiger partial charge in [0.1, 0.15) is 0 Å². The quantitative estimate of drug-likeness (QED) is 0.767. The van der Waals surface area contributed by atoms with Gasteiger partial charge in [0.2, 0.25) is 20.8 Å². The molecule has 144 valence electrons. The van der Waals surface area contributed by atoms with E-state index in [4.69, 9.17) is 16.0 Å². The number of sulfone groups is 1. The summed E-state index contributed by atoms with van der Waals surface area (Å²) in [6.07, 6.45) is 1.30. The molecule has 0 aliphatic carbocycles. The third kappa shape index (κ3) is 4.70. The van der Waals surface area contributed by atoms with Crippen LogP contribution in [0.3, 0.4) is 0 Å². The maximum absolute atomic E-state index is 12.5. The minimum Gasteiger partial charge on any atom is -0.440 e. The van der Waals surface area contributed by atoms with Gasteiger partial charge in [-0.25, -0.2) is 8.42 Å². The molecule has 2 aromatic rings. The Labute approximate surface area is 162 Å². The average Bonchev–Trinajstić information content (AvgIpc) is 3.14. The second-order valence-electron chi connectivity index (χ2n) is 6.37. The molecule has 27 heavy (non-hydrogen) atoms. The predicted molar refractivity (Wildman–Crippen MR) is 99.5 cm³/mol. The van der Waals surface area contributed by atoms with Crippen molar-refractivity contribution in [2.45, 2.75) is 11.5 Å². The molecular formula is C18H19ClN2O5S. The van der Waals surface area contributed by atoms with Crippen molar-refractivity contribution in [3.8, 4) is 0 Å². The Hall–Kier alpha value is -2.32. The number of piperazine rings is 1. The van der Waals surface area contributed by atoms with Crippen LogP contribution in [0, 0.1) is 0 Å². The number of carbonyl (C=O) groups is 2. The van der Waals surface area contributed by atoms with E-state index in [1.165, 1.54) is 12.1 Å². The van der Waals surface area contributed by atoms with E-state index in [9.17, 15) is 18.0 Å². The van der Waals surface area contributed by atoms with Crippen LogP contribution in [-0.4, -0.2) is 62.5 Å².